The van der Waals surface area contributed by atoms with E-state index in [1.165, 1.54) is 0 Å². The number of aromatic amines is 1. The van der Waals surface area contributed by atoms with Crippen molar-refractivity contribution in [2.75, 3.05) is 0 Å². The van der Waals surface area contributed by atoms with Crippen LogP contribution in [0.5, 0.6) is 0 Å². The first kappa shape index (κ1) is 7.78. The molecule has 1 amide bonds. The predicted octanol–water partition coefficient (Wildman–Crippen LogP) is -0.514. The van der Waals surface area contributed by atoms with E-state index in [4.69, 9.17) is 5.73 Å². The molecule has 1 heterocycles. The van der Waals surface area contributed by atoms with E-state index in [-0.39, 0.29) is 5.91 Å². The van der Waals surface area contributed by atoms with Crippen molar-refractivity contribution in [3.63, 3.8) is 0 Å². The van der Waals surface area contributed by atoms with Gasteiger partial charge in [-0.3, -0.25) is 4.79 Å². The second kappa shape index (κ2) is 3.18. The molecule has 0 saturated heterocycles. The highest BCUT2D eigenvalue weighted by Gasteiger charge is 2.04. The minimum atomic E-state index is -0.266. The number of nitrogens with one attached hydrogen (secondary N) is 1. The van der Waals surface area contributed by atoms with E-state index in [1.54, 1.807) is 0 Å². The Morgan fingerprint density at radius 2 is 2.55 bits per heavy atom. The van der Waals surface area contributed by atoms with Crippen molar-refractivity contribution >= 4 is 5.91 Å². The Bertz CT molecular complexity index is 254. The zero-order chi connectivity index (χ0) is 8.27. The SMILES string of the molecule is Cc1[nH]cc[n+]1CCC(N)=O. The Morgan fingerprint density at radius 1 is 1.82 bits per heavy atom. The predicted molar refractivity (Wildman–Crippen MR) is 39.5 cm³/mol. The van der Waals surface area contributed by atoms with Gasteiger partial charge in [-0.05, 0) is 0 Å². The van der Waals surface area contributed by atoms with Gasteiger partial charge in [0.25, 0.3) is 5.82 Å². The molecule has 0 aliphatic rings. The molecule has 0 aliphatic carbocycles. The summed E-state index contributed by atoms with van der Waals surface area (Å²) in [5, 5.41) is 0. The summed E-state index contributed by atoms with van der Waals surface area (Å²) in [6.45, 7) is 2.60. The number of hydrogen-bond acceptors (Lipinski definition) is 1. The molecule has 11 heavy (non-hydrogen) atoms. The van der Waals surface area contributed by atoms with Gasteiger partial charge in [-0.2, -0.15) is 0 Å². The molecule has 0 radical (unpaired) electrons. The number of rotatable bonds is 3. The van der Waals surface area contributed by atoms with Crippen molar-refractivity contribution < 1.29 is 9.36 Å². The maximum Gasteiger partial charge on any atom is 0.251 e. The molecule has 0 atom stereocenters. The van der Waals surface area contributed by atoms with E-state index in [2.05, 4.69) is 4.98 Å². The summed E-state index contributed by atoms with van der Waals surface area (Å²) in [5.74, 6) is 0.768. The average Bonchev–Trinajstić information content (AvgIpc) is 2.31. The van der Waals surface area contributed by atoms with Crippen molar-refractivity contribution in [2.24, 2.45) is 5.73 Å². The maximum absolute atomic E-state index is 10.4. The number of imidazole rings is 1. The number of H-pyrrole nitrogens is 1. The third kappa shape index (κ3) is 2.07. The first-order chi connectivity index (χ1) is 5.20. The summed E-state index contributed by atoms with van der Waals surface area (Å²) in [7, 11) is 0. The van der Waals surface area contributed by atoms with Crippen molar-refractivity contribution in [2.45, 2.75) is 19.9 Å². The monoisotopic (exact) mass is 154 g/mol. The lowest BCUT2D eigenvalue weighted by atomic mass is 10.4. The summed E-state index contributed by atoms with van der Waals surface area (Å²) in [4.78, 5) is 13.4. The molecule has 60 valence electrons. The van der Waals surface area contributed by atoms with Crippen LogP contribution in [0.1, 0.15) is 12.2 Å². The van der Waals surface area contributed by atoms with E-state index >= 15 is 0 Å². The second-order valence-electron chi connectivity index (χ2n) is 2.46. The summed E-state index contributed by atoms with van der Waals surface area (Å²) in [6.07, 6.45) is 4.11. The number of hydrogen-bond donors (Lipinski definition) is 2. The van der Waals surface area contributed by atoms with Gasteiger partial charge in [-0.1, -0.05) is 0 Å². The normalized spacial score (nSPS) is 9.91. The summed E-state index contributed by atoms with van der Waals surface area (Å²) < 4.78 is 1.95. The van der Waals surface area contributed by atoms with Crippen LogP contribution in [0, 0.1) is 6.92 Å². The summed E-state index contributed by atoms with van der Waals surface area (Å²) >= 11 is 0. The van der Waals surface area contributed by atoms with Gasteiger partial charge < -0.3 is 5.73 Å². The van der Waals surface area contributed by atoms with Crippen LogP contribution in [0.4, 0.5) is 0 Å². The molecule has 0 spiro atoms. The van der Waals surface area contributed by atoms with Crippen LogP contribution in [0.25, 0.3) is 0 Å². The molecule has 0 bridgehead atoms. The zero-order valence-corrected chi connectivity index (χ0v) is 6.50. The van der Waals surface area contributed by atoms with E-state index in [1.807, 2.05) is 23.9 Å². The minimum absolute atomic E-state index is 0.266. The van der Waals surface area contributed by atoms with Crippen molar-refractivity contribution in [1.82, 2.24) is 4.98 Å². The van der Waals surface area contributed by atoms with Gasteiger partial charge in [-0.25, -0.2) is 9.55 Å². The largest absolute Gasteiger partial charge is 0.370 e. The third-order valence-electron chi connectivity index (χ3n) is 1.58. The number of amides is 1. The zero-order valence-electron chi connectivity index (χ0n) is 6.50. The molecule has 0 aliphatic heterocycles. The highest BCUT2D eigenvalue weighted by molar-refractivity contribution is 5.73. The number of carbonyl (C=O) groups excluding carboxylic acids is 1. The lowest BCUT2D eigenvalue weighted by molar-refractivity contribution is -0.700. The molecular weight excluding hydrogens is 142 g/mol. The Kier molecular flexibility index (Phi) is 2.25. The Labute approximate surface area is 65.0 Å². The molecule has 3 N–H and O–H groups in total. The molecule has 0 fully saturated rings. The summed E-state index contributed by atoms with van der Waals surface area (Å²) in [5.41, 5.74) is 5.00. The molecule has 0 unspecified atom stereocenters. The summed E-state index contributed by atoms with van der Waals surface area (Å²) in [6, 6.07) is 0. The quantitative estimate of drug-likeness (QED) is 0.566. The molecule has 4 heteroatoms. The molecule has 1 aromatic heterocycles. The van der Waals surface area contributed by atoms with E-state index in [0.717, 1.165) is 5.82 Å². The highest BCUT2D eigenvalue weighted by atomic mass is 16.1. The van der Waals surface area contributed by atoms with Crippen LogP contribution in [-0.4, -0.2) is 10.9 Å². The molecular formula is C7H12N3O+. The Balaban J connectivity index is 2.51. The number of carbonyl (C=O) groups is 1. The first-order valence-corrected chi connectivity index (χ1v) is 3.52. The van der Waals surface area contributed by atoms with E-state index < -0.39 is 0 Å². The number of primary amides is 1. The van der Waals surface area contributed by atoms with Crippen molar-refractivity contribution in [1.29, 1.82) is 0 Å². The van der Waals surface area contributed by atoms with Crippen LogP contribution >= 0.6 is 0 Å². The van der Waals surface area contributed by atoms with Crippen LogP contribution in [-0.2, 0) is 11.3 Å². The van der Waals surface area contributed by atoms with Gasteiger partial charge in [0.2, 0.25) is 5.91 Å². The van der Waals surface area contributed by atoms with Crippen molar-refractivity contribution in [3.8, 4) is 0 Å². The number of aryl methyl sites for hydroxylation is 2. The maximum atomic E-state index is 10.4. The van der Waals surface area contributed by atoms with Crippen LogP contribution in [0.2, 0.25) is 0 Å². The topological polar surface area (TPSA) is 62.8 Å². The third-order valence-corrected chi connectivity index (χ3v) is 1.58. The molecule has 0 saturated carbocycles. The fourth-order valence-corrected chi connectivity index (χ4v) is 0.915. The minimum Gasteiger partial charge on any atom is -0.370 e. The average molecular weight is 154 g/mol. The van der Waals surface area contributed by atoms with Gasteiger partial charge in [0.15, 0.2) is 0 Å². The first-order valence-electron chi connectivity index (χ1n) is 3.52. The Hall–Kier alpha value is -1.32. The molecule has 4 nitrogen and oxygen atoms in total. The number of nitrogens with two attached hydrogens (primary N) is 1. The number of nitrogens with zero attached hydrogens (tertiary/aromatic N) is 1. The van der Waals surface area contributed by atoms with Gasteiger partial charge in [0.05, 0.1) is 13.0 Å². The van der Waals surface area contributed by atoms with Crippen molar-refractivity contribution in [3.05, 3.63) is 18.2 Å². The lowest BCUT2D eigenvalue weighted by Gasteiger charge is -1.93. The van der Waals surface area contributed by atoms with Crippen LogP contribution < -0.4 is 10.3 Å². The highest BCUT2D eigenvalue weighted by Crippen LogP contribution is 1.83. The fourth-order valence-electron chi connectivity index (χ4n) is 0.915. The van der Waals surface area contributed by atoms with Gasteiger partial charge >= 0.3 is 0 Å². The van der Waals surface area contributed by atoms with Gasteiger partial charge in [0.1, 0.15) is 12.4 Å². The van der Waals surface area contributed by atoms with E-state index in [0.29, 0.717) is 13.0 Å². The lowest BCUT2D eigenvalue weighted by Crippen LogP contribution is -2.36. The molecule has 0 aromatic carbocycles. The fraction of sp³-hybridized carbons (Fsp3) is 0.429. The van der Waals surface area contributed by atoms with Gasteiger partial charge in [-0.15, -0.1) is 0 Å². The van der Waals surface area contributed by atoms with E-state index in [9.17, 15) is 4.79 Å². The van der Waals surface area contributed by atoms with Crippen LogP contribution in [0.15, 0.2) is 12.4 Å². The van der Waals surface area contributed by atoms with Crippen LogP contribution in [0.3, 0.4) is 0 Å². The molecule has 1 aromatic rings. The Morgan fingerprint density at radius 3 is 3.00 bits per heavy atom. The number of aromatic nitrogens is 2. The molecule has 1 rings (SSSR count). The second-order valence-corrected chi connectivity index (χ2v) is 2.46. The van der Waals surface area contributed by atoms with Gasteiger partial charge in [0, 0.05) is 6.92 Å². The smallest absolute Gasteiger partial charge is 0.251 e. The standard InChI is InChI=1S/C7H11N3O/c1-6-9-3-5-10(6)4-2-7(8)11/h3,5H,2,4H2,1H3,(H2,8,11)/p+1.